The molecule has 0 heterocycles. The van der Waals surface area contributed by atoms with Crippen molar-refractivity contribution in [3.63, 3.8) is 0 Å². The highest BCUT2D eigenvalue weighted by Crippen LogP contribution is 2.45. The Labute approximate surface area is 171 Å². The molecule has 2 aliphatic carbocycles. The van der Waals surface area contributed by atoms with E-state index in [9.17, 15) is 8.42 Å². The summed E-state index contributed by atoms with van der Waals surface area (Å²) in [5.74, 6) is 0.199. The zero-order chi connectivity index (χ0) is 20.7. The lowest BCUT2D eigenvalue weighted by Crippen LogP contribution is -2.40. The van der Waals surface area contributed by atoms with Crippen molar-refractivity contribution in [2.24, 2.45) is 5.41 Å². The third-order valence-corrected chi connectivity index (χ3v) is 8.13. The zero-order valence-corrected chi connectivity index (χ0v) is 19.1. The lowest BCUT2D eigenvalue weighted by Gasteiger charge is -2.37. The number of allylic oxidation sites excluding steroid dienone is 4. The smallest absolute Gasteiger partial charge is 0.175 e. The van der Waals surface area contributed by atoms with Crippen molar-refractivity contribution in [1.29, 1.82) is 0 Å². The van der Waals surface area contributed by atoms with E-state index >= 15 is 0 Å². The summed E-state index contributed by atoms with van der Waals surface area (Å²) in [6.07, 6.45) is 4.44. The van der Waals surface area contributed by atoms with Crippen LogP contribution in [0.3, 0.4) is 0 Å². The van der Waals surface area contributed by atoms with Gasteiger partial charge in [-0.05, 0) is 51.7 Å². The molecule has 0 atom stereocenters. The molecule has 0 spiro atoms. The Bertz CT molecular complexity index is 896. The molecule has 1 aromatic carbocycles. The van der Waals surface area contributed by atoms with Crippen molar-refractivity contribution in [1.82, 2.24) is 4.90 Å². The summed E-state index contributed by atoms with van der Waals surface area (Å²) in [7, 11) is -3.26. The Hall–Kier alpha value is -1.39. The summed E-state index contributed by atoms with van der Waals surface area (Å²) in [5.41, 5.74) is 5.25. The van der Waals surface area contributed by atoms with E-state index in [1.54, 1.807) is 0 Å². The van der Waals surface area contributed by atoms with Crippen LogP contribution in [0.25, 0.3) is 0 Å². The molecule has 3 rings (SSSR count). The van der Waals surface area contributed by atoms with Gasteiger partial charge in [-0.1, -0.05) is 55.3 Å². The second kappa shape index (κ2) is 7.79. The number of fused-ring (bicyclic) bond motifs is 1. The first-order valence-corrected chi connectivity index (χ1v) is 12.1. The Balaban J connectivity index is 1.82. The van der Waals surface area contributed by atoms with Gasteiger partial charge in [-0.3, -0.25) is 4.90 Å². The summed E-state index contributed by atoms with van der Waals surface area (Å²) in [4.78, 5) is 2.89. The molecule has 0 aliphatic heterocycles. The second-order valence-corrected chi connectivity index (χ2v) is 11.6. The largest absolute Gasteiger partial charge is 0.298 e. The van der Waals surface area contributed by atoms with Crippen LogP contribution < -0.4 is 0 Å². The summed E-state index contributed by atoms with van der Waals surface area (Å²) >= 11 is 0. The van der Waals surface area contributed by atoms with Crippen LogP contribution in [0.5, 0.6) is 0 Å². The van der Waals surface area contributed by atoms with E-state index in [1.165, 1.54) is 22.3 Å². The van der Waals surface area contributed by atoms with Gasteiger partial charge in [-0.25, -0.2) is 8.42 Å². The van der Waals surface area contributed by atoms with Crippen LogP contribution in [0, 0.1) is 5.41 Å². The molecule has 154 valence electrons. The monoisotopic (exact) mass is 401 g/mol. The third-order valence-electron chi connectivity index (χ3n) is 6.35. The maximum absolute atomic E-state index is 13.2. The number of hydrogen-bond donors (Lipinski definition) is 0. The molecule has 2 aliphatic rings. The van der Waals surface area contributed by atoms with E-state index in [1.807, 2.05) is 6.08 Å². The molecule has 0 aromatic heterocycles. The molecular weight excluding hydrogens is 366 g/mol. The molecule has 0 unspecified atom stereocenters. The fourth-order valence-electron chi connectivity index (χ4n) is 4.83. The fourth-order valence-corrected chi connectivity index (χ4v) is 6.41. The molecule has 28 heavy (non-hydrogen) atoms. The molecular formula is C24H35NO2S. The first-order chi connectivity index (χ1) is 13.0. The quantitative estimate of drug-likeness (QED) is 0.634. The van der Waals surface area contributed by atoms with Gasteiger partial charge in [0.2, 0.25) is 0 Å². The molecule has 0 fully saturated rings. The Kier molecular flexibility index (Phi) is 5.94. The Morgan fingerprint density at radius 1 is 0.964 bits per heavy atom. The lowest BCUT2D eigenvalue weighted by atomic mass is 9.70. The predicted octanol–water partition coefficient (Wildman–Crippen LogP) is 4.93. The first kappa shape index (κ1) is 21.3. The highest BCUT2D eigenvalue weighted by Gasteiger charge is 2.35. The van der Waals surface area contributed by atoms with E-state index in [0.29, 0.717) is 30.0 Å². The average molecular weight is 402 g/mol. The fraction of sp³-hybridized carbons (Fsp3) is 0.583. The van der Waals surface area contributed by atoms with Gasteiger partial charge in [0.1, 0.15) is 0 Å². The minimum atomic E-state index is -3.26. The van der Waals surface area contributed by atoms with E-state index < -0.39 is 9.84 Å². The van der Waals surface area contributed by atoms with E-state index in [2.05, 4.69) is 70.7 Å². The Morgan fingerprint density at radius 3 is 2.11 bits per heavy atom. The number of benzene rings is 1. The van der Waals surface area contributed by atoms with Crippen molar-refractivity contribution >= 4 is 9.84 Å². The number of nitrogens with zero attached hydrogens (tertiary/aromatic N) is 1. The maximum atomic E-state index is 13.2. The van der Waals surface area contributed by atoms with Crippen LogP contribution in [-0.4, -0.2) is 37.7 Å². The normalized spacial score (nSPS) is 19.1. The van der Waals surface area contributed by atoms with Crippen LogP contribution in [0.4, 0.5) is 0 Å². The maximum Gasteiger partial charge on any atom is 0.175 e. The van der Waals surface area contributed by atoms with Crippen LogP contribution in [0.15, 0.2) is 46.4 Å². The van der Waals surface area contributed by atoms with E-state index in [4.69, 9.17) is 0 Å². The summed E-state index contributed by atoms with van der Waals surface area (Å²) in [6.45, 7) is 13.4. The van der Waals surface area contributed by atoms with E-state index in [-0.39, 0.29) is 11.2 Å². The van der Waals surface area contributed by atoms with Crippen molar-refractivity contribution in [2.75, 3.05) is 12.3 Å². The van der Waals surface area contributed by atoms with Gasteiger partial charge in [0.25, 0.3) is 0 Å². The topological polar surface area (TPSA) is 37.4 Å². The molecule has 0 saturated carbocycles. The van der Waals surface area contributed by atoms with Crippen LogP contribution >= 0.6 is 0 Å². The van der Waals surface area contributed by atoms with Crippen LogP contribution in [-0.2, 0) is 22.7 Å². The van der Waals surface area contributed by atoms with Gasteiger partial charge in [-0.2, -0.15) is 0 Å². The average Bonchev–Trinajstić information content (AvgIpc) is 2.59. The molecule has 0 saturated heterocycles. The summed E-state index contributed by atoms with van der Waals surface area (Å²) in [5, 5.41) is 0. The molecule has 1 aromatic rings. The molecule has 4 heteroatoms. The molecule has 0 radical (unpaired) electrons. The van der Waals surface area contributed by atoms with Gasteiger partial charge in [0, 0.05) is 35.4 Å². The SMILES string of the molecule is CC(C)N(CCS(=O)(=O)C1=CC(C)(C)C2=C(C1)Cc1ccccc1C2)C(C)C. The molecule has 0 bridgehead atoms. The second-order valence-electron chi connectivity index (χ2n) is 9.46. The molecule has 3 nitrogen and oxygen atoms in total. The zero-order valence-electron chi connectivity index (χ0n) is 18.2. The number of sulfone groups is 1. The van der Waals surface area contributed by atoms with Crippen molar-refractivity contribution in [3.8, 4) is 0 Å². The van der Waals surface area contributed by atoms with E-state index in [0.717, 1.165) is 12.8 Å². The molecule has 0 N–H and O–H groups in total. The van der Waals surface area contributed by atoms with Crippen LogP contribution in [0.2, 0.25) is 0 Å². The molecule has 0 amide bonds. The van der Waals surface area contributed by atoms with Crippen molar-refractivity contribution in [2.45, 2.75) is 72.9 Å². The van der Waals surface area contributed by atoms with Crippen molar-refractivity contribution < 1.29 is 8.42 Å². The van der Waals surface area contributed by atoms with Gasteiger partial charge in [0.05, 0.1) is 5.75 Å². The Morgan fingerprint density at radius 2 is 1.54 bits per heavy atom. The number of rotatable bonds is 6. The summed E-state index contributed by atoms with van der Waals surface area (Å²) in [6, 6.07) is 9.26. The lowest BCUT2D eigenvalue weighted by molar-refractivity contribution is 0.186. The predicted molar refractivity (Wildman–Crippen MR) is 118 cm³/mol. The van der Waals surface area contributed by atoms with Gasteiger partial charge in [-0.15, -0.1) is 0 Å². The van der Waals surface area contributed by atoms with Gasteiger partial charge in [0.15, 0.2) is 9.84 Å². The van der Waals surface area contributed by atoms with Gasteiger partial charge < -0.3 is 0 Å². The minimum Gasteiger partial charge on any atom is -0.298 e. The van der Waals surface area contributed by atoms with Crippen molar-refractivity contribution in [3.05, 3.63) is 57.5 Å². The minimum absolute atomic E-state index is 0.199. The highest BCUT2D eigenvalue weighted by atomic mass is 32.2. The summed E-state index contributed by atoms with van der Waals surface area (Å²) < 4.78 is 26.5. The van der Waals surface area contributed by atoms with Gasteiger partial charge >= 0.3 is 0 Å². The van der Waals surface area contributed by atoms with Crippen LogP contribution in [0.1, 0.15) is 59.1 Å². The third kappa shape index (κ3) is 4.28. The first-order valence-electron chi connectivity index (χ1n) is 10.5. The highest BCUT2D eigenvalue weighted by molar-refractivity contribution is 7.95. The number of hydrogen-bond acceptors (Lipinski definition) is 3. The standard InChI is InChI=1S/C24H35NO2S/c1-17(2)25(18(3)4)11-12-28(26,27)22-14-21-13-19-9-7-8-10-20(19)15-23(21)24(5,6)16-22/h7-10,16-18H,11-15H2,1-6H3.